The van der Waals surface area contributed by atoms with Crippen LogP contribution in [0.1, 0.15) is 27.1 Å². The summed E-state index contributed by atoms with van der Waals surface area (Å²) >= 11 is 3.19. The number of phenols is 1. The van der Waals surface area contributed by atoms with Crippen LogP contribution >= 0.6 is 15.9 Å². The number of hydrogen-bond acceptors (Lipinski definition) is 3. The van der Waals surface area contributed by atoms with Crippen molar-refractivity contribution >= 4 is 27.5 Å². The third kappa shape index (κ3) is 3.30. The van der Waals surface area contributed by atoms with Crippen LogP contribution in [0.2, 0.25) is 0 Å². The van der Waals surface area contributed by atoms with Crippen LogP contribution < -0.4 is 0 Å². The maximum absolute atomic E-state index is 12.8. The third-order valence-corrected chi connectivity index (χ3v) is 3.24. The van der Waals surface area contributed by atoms with Gasteiger partial charge in [-0.25, -0.2) is 4.39 Å². The molecule has 5 heteroatoms. The molecular formula is C15H10BrFO3. The van der Waals surface area contributed by atoms with E-state index < -0.39 is 17.4 Å². The number of halogens is 2. The number of phenolic OH excluding ortho intramolecular Hbond substituents is 1. The van der Waals surface area contributed by atoms with Gasteiger partial charge in [0.2, 0.25) is 0 Å². The first kappa shape index (κ1) is 14.4. The summed E-state index contributed by atoms with van der Waals surface area (Å²) in [4.78, 5) is 23.9. The lowest BCUT2D eigenvalue weighted by Gasteiger charge is -2.04. The molecule has 0 aromatic heterocycles. The van der Waals surface area contributed by atoms with E-state index in [9.17, 15) is 19.1 Å². The minimum absolute atomic E-state index is 0.0786. The highest BCUT2D eigenvalue weighted by Crippen LogP contribution is 2.23. The lowest BCUT2D eigenvalue weighted by molar-refractivity contribution is 0.0893. The molecule has 0 heterocycles. The molecule has 0 aliphatic carbocycles. The molecule has 0 unspecified atom stereocenters. The molecule has 0 saturated carbocycles. The van der Waals surface area contributed by atoms with Gasteiger partial charge in [-0.2, -0.15) is 0 Å². The van der Waals surface area contributed by atoms with Gasteiger partial charge in [0, 0.05) is 10.0 Å². The topological polar surface area (TPSA) is 54.4 Å². The third-order valence-electron chi connectivity index (χ3n) is 2.75. The second-order valence-corrected chi connectivity index (χ2v) is 5.11. The van der Waals surface area contributed by atoms with Crippen LogP contribution in [0.15, 0.2) is 46.9 Å². The maximum Gasteiger partial charge on any atom is 0.174 e. The Bertz CT molecular complexity index is 665. The maximum atomic E-state index is 12.8. The first-order chi connectivity index (χ1) is 9.47. The first-order valence-electron chi connectivity index (χ1n) is 5.78. The van der Waals surface area contributed by atoms with Crippen LogP contribution in [0, 0.1) is 5.82 Å². The number of carbonyl (C=O) groups excluding carboxylic acids is 2. The number of ketones is 2. The molecule has 2 aromatic rings. The number of hydrogen-bond donors (Lipinski definition) is 1. The van der Waals surface area contributed by atoms with Crippen molar-refractivity contribution < 1.29 is 19.1 Å². The molecule has 0 aliphatic heterocycles. The van der Waals surface area contributed by atoms with E-state index in [1.54, 1.807) is 6.07 Å². The van der Waals surface area contributed by atoms with E-state index in [1.807, 2.05) is 0 Å². The molecule has 0 fully saturated rings. The molecule has 102 valence electrons. The SMILES string of the molecule is O=C(CC(=O)c1cc(Br)ccc1O)c1ccc(F)cc1. The normalized spacial score (nSPS) is 10.3. The van der Waals surface area contributed by atoms with Gasteiger partial charge in [0.15, 0.2) is 11.6 Å². The van der Waals surface area contributed by atoms with Gasteiger partial charge >= 0.3 is 0 Å². The van der Waals surface area contributed by atoms with Crippen LogP contribution in [-0.2, 0) is 0 Å². The van der Waals surface area contributed by atoms with Gasteiger partial charge in [-0.3, -0.25) is 9.59 Å². The van der Waals surface area contributed by atoms with Gasteiger partial charge in [0.25, 0.3) is 0 Å². The number of benzene rings is 2. The van der Waals surface area contributed by atoms with Crippen LogP contribution in [0.4, 0.5) is 4.39 Å². The smallest absolute Gasteiger partial charge is 0.174 e. The molecule has 0 spiro atoms. The van der Waals surface area contributed by atoms with E-state index in [2.05, 4.69) is 15.9 Å². The minimum atomic E-state index is -0.488. The minimum Gasteiger partial charge on any atom is -0.507 e. The molecular weight excluding hydrogens is 327 g/mol. The highest BCUT2D eigenvalue weighted by atomic mass is 79.9. The van der Waals surface area contributed by atoms with Crippen LogP contribution in [0.3, 0.4) is 0 Å². The van der Waals surface area contributed by atoms with E-state index in [4.69, 9.17) is 0 Å². The molecule has 0 saturated heterocycles. The average Bonchev–Trinajstić information content (AvgIpc) is 2.42. The fourth-order valence-electron chi connectivity index (χ4n) is 1.71. The van der Waals surface area contributed by atoms with Crippen molar-refractivity contribution in [3.8, 4) is 5.75 Å². The summed E-state index contributed by atoms with van der Waals surface area (Å²) in [5.74, 6) is -1.53. The Morgan fingerprint density at radius 1 is 1.05 bits per heavy atom. The second kappa shape index (κ2) is 5.96. The monoisotopic (exact) mass is 336 g/mol. The van der Waals surface area contributed by atoms with Crippen LogP contribution in [-0.4, -0.2) is 16.7 Å². The molecule has 2 aromatic carbocycles. The number of Topliss-reactive ketones (excluding diaryl/α,β-unsaturated/α-hetero) is 2. The van der Waals surface area contributed by atoms with E-state index in [0.29, 0.717) is 4.47 Å². The van der Waals surface area contributed by atoms with Gasteiger partial charge in [-0.15, -0.1) is 0 Å². The zero-order valence-electron chi connectivity index (χ0n) is 10.3. The van der Waals surface area contributed by atoms with Crippen molar-refractivity contribution in [1.29, 1.82) is 0 Å². The Hall–Kier alpha value is -2.01. The summed E-state index contributed by atoms with van der Waals surface area (Å²) in [6.45, 7) is 0. The summed E-state index contributed by atoms with van der Waals surface area (Å²) in [5, 5.41) is 9.62. The van der Waals surface area contributed by atoms with Crippen molar-refractivity contribution in [2.24, 2.45) is 0 Å². The molecule has 0 amide bonds. The Balaban J connectivity index is 2.17. The van der Waals surface area contributed by atoms with Gasteiger partial charge in [-0.1, -0.05) is 15.9 Å². The molecule has 0 radical (unpaired) electrons. The number of aromatic hydroxyl groups is 1. The van der Waals surface area contributed by atoms with Crippen molar-refractivity contribution in [3.05, 3.63) is 63.9 Å². The number of carbonyl (C=O) groups is 2. The summed E-state index contributed by atoms with van der Waals surface area (Å²) in [6.07, 6.45) is -0.379. The predicted octanol–water partition coefficient (Wildman–Crippen LogP) is 3.75. The quantitative estimate of drug-likeness (QED) is 0.683. The van der Waals surface area contributed by atoms with E-state index in [1.165, 1.54) is 24.3 Å². The zero-order chi connectivity index (χ0) is 14.7. The predicted molar refractivity (Wildman–Crippen MR) is 75.5 cm³/mol. The van der Waals surface area contributed by atoms with Crippen molar-refractivity contribution in [3.63, 3.8) is 0 Å². The van der Waals surface area contributed by atoms with Crippen molar-refractivity contribution in [2.45, 2.75) is 6.42 Å². The molecule has 0 atom stereocenters. The highest BCUT2D eigenvalue weighted by Gasteiger charge is 2.17. The molecule has 3 nitrogen and oxygen atoms in total. The lowest BCUT2D eigenvalue weighted by atomic mass is 10.0. The van der Waals surface area contributed by atoms with Crippen LogP contribution in [0.25, 0.3) is 0 Å². The second-order valence-electron chi connectivity index (χ2n) is 4.19. The molecule has 1 N–H and O–H groups in total. The van der Waals surface area contributed by atoms with Crippen LogP contribution in [0.5, 0.6) is 5.75 Å². The Labute approximate surface area is 123 Å². The van der Waals surface area contributed by atoms with E-state index >= 15 is 0 Å². The van der Waals surface area contributed by atoms with E-state index in [-0.39, 0.29) is 23.3 Å². The molecule has 2 rings (SSSR count). The van der Waals surface area contributed by atoms with Gasteiger partial charge < -0.3 is 5.11 Å². The molecule has 20 heavy (non-hydrogen) atoms. The highest BCUT2D eigenvalue weighted by molar-refractivity contribution is 9.10. The lowest BCUT2D eigenvalue weighted by Crippen LogP contribution is -2.09. The Kier molecular flexibility index (Phi) is 4.29. The van der Waals surface area contributed by atoms with Crippen molar-refractivity contribution in [1.82, 2.24) is 0 Å². The van der Waals surface area contributed by atoms with Gasteiger partial charge in [0.05, 0.1) is 12.0 Å². The van der Waals surface area contributed by atoms with Gasteiger partial charge in [0.1, 0.15) is 11.6 Å². The molecule has 0 aliphatic rings. The Morgan fingerprint density at radius 3 is 2.35 bits per heavy atom. The fourth-order valence-corrected chi connectivity index (χ4v) is 2.07. The number of rotatable bonds is 4. The average molecular weight is 337 g/mol. The first-order valence-corrected chi connectivity index (χ1v) is 6.57. The molecule has 0 bridgehead atoms. The largest absolute Gasteiger partial charge is 0.507 e. The summed E-state index contributed by atoms with van der Waals surface area (Å²) in [5.41, 5.74) is 0.337. The standard InChI is InChI=1S/C15H10BrFO3/c16-10-3-6-13(18)12(7-10)15(20)8-14(19)9-1-4-11(17)5-2-9/h1-7,18H,8H2. The zero-order valence-corrected chi connectivity index (χ0v) is 11.9. The Morgan fingerprint density at radius 2 is 1.70 bits per heavy atom. The van der Waals surface area contributed by atoms with Gasteiger partial charge in [-0.05, 0) is 42.5 Å². The summed E-state index contributed by atoms with van der Waals surface area (Å²) in [6, 6.07) is 9.39. The van der Waals surface area contributed by atoms with E-state index in [0.717, 1.165) is 12.1 Å². The summed E-state index contributed by atoms with van der Waals surface area (Å²) < 4.78 is 13.4. The summed E-state index contributed by atoms with van der Waals surface area (Å²) in [7, 11) is 0. The fraction of sp³-hybridized carbons (Fsp3) is 0.0667. The van der Waals surface area contributed by atoms with Crippen molar-refractivity contribution in [2.75, 3.05) is 0 Å².